The van der Waals surface area contributed by atoms with Crippen LogP contribution in [0.25, 0.3) is 0 Å². The number of amides is 1. The number of piperazine rings is 1. The molecule has 0 N–H and O–H groups in total. The lowest BCUT2D eigenvalue weighted by Crippen LogP contribution is -2.48. The minimum atomic E-state index is 0.00939. The quantitative estimate of drug-likeness (QED) is 0.796. The van der Waals surface area contributed by atoms with Crippen molar-refractivity contribution in [3.8, 4) is 0 Å². The number of carbonyl (C=O) groups excluding carboxylic acids is 1. The van der Waals surface area contributed by atoms with Crippen LogP contribution in [0, 0.1) is 0 Å². The zero-order valence-corrected chi connectivity index (χ0v) is 11.4. The van der Waals surface area contributed by atoms with Gasteiger partial charge in [-0.3, -0.25) is 9.69 Å². The van der Waals surface area contributed by atoms with Gasteiger partial charge in [-0.15, -0.1) is 0 Å². The molecule has 0 bridgehead atoms. The van der Waals surface area contributed by atoms with E-state index in [0.717, 1.165) is 44.5 Å². The summed E-state index contributed by atoms with van der Waals surface area (Å²) in [6, 6.07) is 3.47. The molecule has 0 aromatic carbocycles. The molecule has 1 aliphatic heterocycles. The van der Waals surface area contributed by atoms with E-state index in [1.807, 2.05) is 4.90 Å². The molecule has 1 amide bonds. The lowest BCUT2D eigenvalue weighted by atomic mass is 10.2. The Bertz CT molecular complexity index is 345. The van der Waals surface area contributed by atoms with Crippen LogP contribution in [0.5, 0.6) is 0 Å². The molecule has 0 atom stereocenters. The van der Waals surface area contributed by atoms with Crippen molar-refractivity contribution in [2.75, 3.05) is 38.1 Å². The molecule has 1 aromatic heterocycles. The fourth-order valence-electron chi connectivity index (χ4n) is 2.01. The van der Waals surface area contributed by atoms with Crippen LogP contribution in [0.15, 0.2) is 22.8 Å². The predicted octanol–water partition coefficient (Wildman–Crippen LogP) is 1.82. The Hall–Kier alpha value is -0.810. The lowest BCUT2D eigenvalue weighted by Gasteiger charge is -2.34. The van der Waals surface area contributed by atoms with Gasteiger partial charge in [0.1, 0.15) is 0 Å². The van der Waals surface area contributed by atoms with E-state index in [4.69, 9.17) is 4.42 Å². The number of hydrogen-bond acceptors (Lipinski definition) is 3. The highest BCUT2D eigenvalue weighted by atomic mass is 79.9. The first-order valence-corrected chi connectivity index (χ1v) is 7.04. The highest BCUT2D eigenvalue weighted by Crippen LogP contribution is 2.09. The summed E-state index contributed by atoms with van der Waals surface area (Å²) in [5, 5.41) is 1.04. The molecule has 1 fully saturated rings. The Labute approximate surface area is 110 Å². The van der Waals surface area contributed by atoms with Gasteiger partial charge in [-0.2, -0.15) is 0 Å². The summed E-state index contributed by atoms with van der Waals surface area (Å²) in [4.78, 5) is 16.2. The van der Waals surface area contributed by atoms with Crippen LogP contribution in [-0.4, -0.2) is 53.8 Å². The fourth-order valence-corrected chi connectivity index (χ4v) is 2.26. The molecule has 0 saturated carbocycles. The maximum Gasteiger partial charge on any atom is 0.289 e. The van der Waals surface area contributed by atoms with Crippen molar-refractivity contribution in [1.29, 1.82) is 0 Å². The minimum absolute atomic E-state index is 0.00939. The average Bonchev–Trinajstić information content (AvgIpc) is 2.90. The summed E-state index contributed by atoms with van der Waals surface area (Å²) in [5.41, 5.74) is 0. The first-order valence-electron chi connectivity index (χ1n) is 5.92. The van der Waals surface area contributed by atoms with Crippen molar-refractivity contribution in [2.45, 2.75) is 6.42 Å². The van der Waals surface area contributed by atoms with E-state index in [1.54, 1.807) is 18.4 Å². The van der Waals surface area contributed by atoms with Crippen LogP contribution in [0.4, 0.5) is 0 Å². The van der Waals surface area contributed by atoms with Crippen LogP contribution >= 0.6 is 15.9 Å². The summed E-state index contributed by atoms with van der Waals surface area (Å²) in [7, 11) is 0. The maximum atomic E-state index is 12.0. The lowest BCUT2D eigenvalue weighted by molar-refractivity contribution is 0.0607. The summed E-state index contributed by atoms with van der Waals surface area (Å²) in [6.07, 6.45) is 2.70. The largest absolute Gasteiger partial charge is 0.459 e. The minimum Gasteiger partial charge on any atom is -0.459 e. The van der Waals surface area contributed by atoms with Gasteiger partial charge in [0.25, 0.3) is 5.91 Å². The van der Waals surface area contributed by atoms with Gasteiger partial charge in [0.15, 0.2) is 5.76 Å². The van der Waals surface area contributed by atoms with Gasteiger partial charge in [0.05, 0.1) is 6.26 Å². The van der Waals surface area contributed by atoms with E-state index >= 15 is 0 Å². The third-order valence-electron chi connectivity index (χ3n) is 3.00. The van der Waals surface area contributed by atoms with E-state index < -0.39 is 0 Å². The van der Waals surface area contributed by atoms with E-state index in [-0.39, 0.29) is 5.91 Å². The number of furan rings is 1. The Morgan fingerprint density at radius 1 is 1.35 bits per heavy atom. The smallest absolute Gasteiger partial charge is 0.289 e. The summed E-state index contributed by atoms with van der Waals surface area (Å²) >= 11 is 3.43. The van der Waals surface area contributed by atoms with Gasteiger partial charge in [-0.05, 0) is 25.1 Å². The third kappa shape index (κ3) is 3.33. The maximum absolute atomic E-state index is 12.0. The Morgan fingerprint density at radius 3 is 2.71 bits per heavy atom. The predicted molar refractivity (Wildman–Crippen MR) is 69.5 cm³/mol. The molecule has 0 radical (unpaired) electrons. The molecule has 17 heavy (non-hydrogen) atoms. The second kappa shape index (κ2) is 6.21. The summed E-state index contributed by atoms with van der Waals surface area (Å²) in [5.74, 6) is 0.453. The molecule has 1 aliphatic rings. The molecule has 5 heteroatoms. The van der Waals surface area contributed by atoms with E-state index in [0.29, 0.717) is 5.76 Å². The SMILES string of the molecule is O=C(c1ccco1)N1CCN(CCCBr)CC1. The zero-order valence-electron chi connectivity index (χ0n) is 9.77. The van der Waals surface area contributed by atoms with Gasteiger partial charge in [-0.1, -0.05) is 15.9 Å². The van der Waals surface area contributed by atoms with Crippen LogP contribution in [-0.2, 0) is 0 Å². The van der Waals surface area contributed by atoms with Crippen molar-refractivity contribution >= 4 is 21.8 Å². The number of nitrogens with zero attached hydrogens (tertiary/aromatic N) is 2. The molecular weight excluding hydrogens is 284 g/mol. The molecular formula is C12H17BrN2O2. The number of carbonyl (C=O) groups is 1. The average molecular weight is 301 g/mol. The van der Waals surface area contributed by atoms with Gasteiger partial charge in [0, 0.05) is 31.5 Å². The Morgan fingerprint density at radius 2 is 2.12 bits per heavy atom. The van der Waals surface area contributed by atoms with E-state index in [2.05, 4.69) is 20.8 Å². The molecule has 0 aliphatic carbocycles. The number of alkyl halides is 1. The molecule has 0 spiro atoms. The normalized spacial score (nSPS) is 17.4. The third-order valence-corrected chi connectivity index (χ3v) is 3.56. The molecule has 1 aromatic rings. The van der Waals surface area contributed by atoms with Crippen molar-refractivity contribution in [3.63, 3.8) is 0 Å². The number of hydrogen-bond donors (Lipinski definition) is 0. The monoisotopic (exact) mass is 300 g/mol. The fraction of sp³-hybridized carbons (Fsp3) is 0.583. The standard InChI is InChI=1S/C12H17BrN2O2/c13-4-2-5-14-6-8-15(9-7-14)12(16)11-3-1-10-17-11/h1,3,10H,2,4-9H2. The highest BCUT2D eigenvalue weighted by molar-refractivity contribution is 9.09. The van der Waals surface area contributed by atoms with E-state index in [1.165, 1.54) is 0 Å². The zero-order chi connectivity index (χ0) is 12.1. The molecule has 1 saturated heterocycles. The Kier molecular flexibility index (Phi) is 4.62. The number of halogens is 1. The van der Waals surface area contributed by atoms with Gasteiger partial charge in [-0.25, -0.2) is 0 Å². The van der Waals surface area contributed by atoms with Crippen LogP contribution in [0.3, 0.4) is 0 Å². The van der Waals surface area contributed by atoms with E-state index in [9.17, 15) is 4.79 Å². The second-order valence-electron chi connectivity index (χ2n) is 4.15. The first kappa shape index (κ1) is 12.6. The van der Waals surface area contributed by atoms with Gasteiger partial charge < -0.3 is 9.32 Å². The summed E-state index contributed by atoms with van der Waals surface area (Å²) < 4.78 is 5.13. The Balaban J connectivity index is 1.81. The van der Waals surface area contributed by atoms with Crippen LogP contribution in [0.2, 0.25) is 0 Å². The van der Waals surface area contributed by atoms with Crippen LogP contribution < -0.4 is 0 Å². The van der Waals surface area contributed by atoms with Crippen molar-refractivity contribution < 1.29 is 9.21 Å². The van der Waals surface area contributed by atoms with Crippen LogP contribution in [0.1, 0.15) is 17.0 Å². The highest BCUT2D eigenvalue weighted by Gasteiger charge is 2.23. The van der Waals surface area contributed by atoms with Gasteiger partial charge >= 0.3 is 0 Å². The topological polar surface area (TPSA) is 36.7 Å². The van der Waals surface area contributed by atoms with Crippen molar-refractivity contribution in [2.24, 2.45) is 0 Å². The molecule has 2 rings (SSSR count). The van der Waals surface area contributed by atoms with Crippen molar-refractivity contribution in [1.82, 2.24) is 9.80 Å². The molecule has 2 heterocycles. The van der Waals surface area contributed by atoms with Crippen molar-refractivity contribution in [3.05, 3.63) is 24.2 Å². The second-order valence-corrected chi connectivity index (χ2v) is 4.95. The number of rotatable bonds is 4. The first-order chi connectivity index (χ1) is 8.31. The molecule has 0 unspecified atom stereocenters. The summed E-state index contributed by atoms with van der Waals surface area (Å²) in [6.45, 7) is 4.61. The molecule has 94 valence electrons. The molecule has 4 nitrogen and oxygen atoms in total. The van der Waals surface area contributed by atoms with Gasteiger partial charge in [0.2, 0.25) is 0 Å².